The van der Waals surface area contributed by atoms with Crippen LogP contribution in [0.4, 0.5) is 0 Å². The molecule has 0 spiro atoms. The van der Waals surface area contributed by atoms with Crippen LogP contribution in [0.1, 0.15) is 42.5 Å². The van der Waals surface area contributed by atoms with E-state index in [2.05, 4.69) is 26.6 Å². The van der Waals surface area contributed by atoms with Crippen molar-refractivity contribution in [1.82, 2.24) is 10.6 Å². The molecule has 0 bridgehead atoms. The first kappa shape index (κ1) is 19.1. The smallest absolute Gasteiger partial charge is 0.261 e. The predicted octanol–water partition coefficient (Wildman–Crippen LogP) is 3.41. The van der Waals surface area contributed by atoms with Gasteiger partial charge in [0, 0.05) is 17.6 Å². The average molecular weight is 415 g/mol. The van der Waals surface area contributed by atoms with Gasteiger partial charge < -0.3 is 14.8 Å². The van der Waals surface area contributed by atoms with Crippen molar-refractivity contribution in [2.45, 2.75) is 38.1 Å². The zero-order valence-electron chi connectivity index (χ0n) is 13.8. The van der Waals surface area contributed by atoms with Gasteiger partial charge in [0.05, 0.1) is 12.2 Å². The average Bonchev–Trinajstić information content (AvgIpc) is 2.57. The summed E-state index contributed by atoms with van der Waals surface area (Å²) in [5.41, 5.74) is 0.438. The maximum Gasteiger partial charge on any atom is 0.261 e. The number of hydrogen-bond donors (Lipinski definition) is 2. The fourth-order valence-corrected chi connectivity index (χ4v) is 3.30. The number of thiocarbonyl (C=S) groups is 1. The van der Waals surface area contributed by atoms with Crippen molar-refractivity contribution in [3.8, 4) is 5.75 Å². The number of carbonyl (C=O) groups is 1. The summed E-state index contributed by atoms with van der Waals surface area (Å²) in [4.78, 5) is 12.5. The zero-order valence-corrected chi connectivity index (χ0v) is 16.2. The van der Waals surface area contributed by atoms with E-state index in [9.17, 15) is 4.79 Å². The van der Waals surface area contributed by atoms with Crippen molar-refractivity contribution < 1.29 is 14.3 Å². The topological polar surface area (TPSA) is 59.6 Å². The summed E-state index contributed by atoms with van der Waals surface area (Å²) in [5, 5.41) is 6.35. The molecule has 1 aromatic carbocycles. The Hall–Kier alpha value is -1.18. The summed E-state index contributed by atoms with van der Waals surface area (Å²) in [6, 6.07) is 5.66. The molecule has 24 heavy (non-hydrogen) atoms. The Bertz CT molecular complexity index is 577. The van der Waals surface area contributed by atoms with Gasteiger partial charge in [-0.25, -0.2) is 0 Å². The number of carbonyl (C=O) groups excluding carboxylic acids is 1. The minimum Gasteiger partial charge on any atom is -0.490 e. The van der Waals surface area contributed by atoms with Crippen LogP contribution in [0.5, 0.6) is 5.75 Å². The van der Waals surface area contributed by atoms with Gasteiger partial charge in [-0.1, -0.05) is 35.2 Å². The van der Waals surface area contributed by atoms with Crippen molar-refractivity contribution in [2.75, 3.05) is 20.3 Å². The van der Waals surface area contributed by atoms with Gasteiger partial charge in [0.2, 0.25) is 0 Å². The van der Waals surface area contributed by atoms with Crippen LogP contribution < -0.4 is 15.4 Å². The van der Waals surface area contributed by atoms with Crippen LogP contribution in [0, 0.1) is 0 Å². The number of ether oxygens (including phenoxy) is 2. The molecule has 0 aromatic heterocycles. The second-order valence-electron chi connectivity index (χ2n) is 5.74. The second-order valence-corrected chi connectivity index (χ2v) is 7.07. The van der Waals surface area contributed by atoms with Crippen LogP contribution in [0.15, 0.2) is 22.7 Å². The van der Waals surface area contributed by atoms with Crippen LogP contribution in [-0.4, -0.2) is 37.4 Å². The summed E-state index contributed by atoms with van der Waals surface area (Å²) < 4.78 is 11.4. The first-order valence-electron chi connectivity index (χ1n) is 8.13. The highest BCUT2D eigenvalue weighted by Gasteiger charge is 2.18. The lowest BCUT2D eigenvalue weighted by Gasteiger charge is -2.24. The lowest BCUT2D eigenvalue weighted by molar-refractivity contribution is 0.0968. The number of halogens is 1. The Labute approximate surface area is 156 Å². The Balaban J connectivity index is 1.96. The largest absolute Gasteiger partial charge is 0.490 e. The number of methoxy groups -OCH3 is 1. The molecule has 1 aliphatic rings. The highest BCUT2D eigenvalue weighted by atomic mass is 79.9. The lowest BCUT2D eigenvalue weighted by atomic mass is 9.96. The van der Waals surface area contributed by atoms with Gasteiger partial charge in [0.15, 0.2) is 5.11 Å². The molecule has 0 aliphatic heterocycles. The van der Waals surface area contributed by atoms with Gasteiger partial charge >= 0.3 is 0 Å². The van der Waals surface area contributed by atoms with Crippen molar-refractivity contribution in [2.24, 2.45) is 0 Å². The normalized spacial score (nSPS) is 14.9. The van der Waals surface area contributed by atoms with E-state index in [4.69, 9.17) is 21.7 Å². The minimum absolute atomic E-state index is 0.281. The Kier molecular flexibility index (Phi) is 7.94. The highest BCUT2D eigenvalue weighted by Crippen LogP contribution is 2.23. The predicted molar refractivity (Wildman–Crippen MR) is 102 cm³/mol. The molecule has 5 nitrogen and oxygen atoms in total. The number of hydrogen-bond acceptors (Lipinski definition) is 4. The molecule has 0 heterocycles. The molecule has 1 fully saturated rings. The third-order valence-corrected chi connectivity index (χ3v) is 4.61. The van der Waals surface area contributed by atoms with Crippen LogP contribution >= 0.6 is 28.1 Å². The number of benzene rings is 1. The van der Waals surface area contributed by atoms with E-state index >= 15 is 0 Å². The molecule has 1 amide bonds. The standard InChI is InChI=1S/C17H23BrN2O3S/c1-22-9-10-23-15-8-7-12(18)11-14(15)16(21)20-17(24)19-13-5-3-2-4-6-13/h7-8,11,13H,2-6,9-10H2,1H3,(H2,19,20,21,24). The van der Waals surface area contributed by atoms with Gasteiger partial charge in [-0.2, -0.15) is 0 Å². The number of rotatable bonds is 6. The molecule has 2 N–H and O–H groups in total. The molecule has 0 atom stereocenters. The quantitative estimate of drug-likeness (QED) is 0.551. The van der Waals surface area contributed by atoms with E-state index in [1.807, 2.05) is 6.07 Å². The molecule has 1 saturated carbocycles. The molecule has 2 rings (SSSR count). The lowest BCUT2D eigenvalue weighted by Crippen LogP contribution is -2.45. The first-order chi connectivity index (χ1) is 11.6. The Morgan fingerprint density at radius 1 is 1.29 bits per heavy atom. The molecular formula is C17H23BrN2O3S. The van der Waals surface area contributed by atoms with E-state index in [1.54, 1.807) is 19.2 Å². The van der Waals surface area contributed by atoms with Gasteiger partial charge in [-0.05, 0) is 43.3 Å². The minimum atomic E-state index is -0.281. The van der Waals surface area contributed by atoms with Gasteiger partial charge in [-0.3, -0.25) is 10.1 Å². The second kappa shape index (κ2) is 9.96. The molecule has 0 unspecified atom stereocenters. The van der Waals surface area contributed by atoms with Gasteiger partial charge in [0.25, 0.3) is 5.91 Å². The van der Waals surface area contributed by atoms with E-state index in [0.717, 1.165) is 17.3 Å². The van der Waals surface area contributed by atoms with E-state index in [-0.39, 0.29) is 5.91 Å². The summed E-state index contributed by atoms with van der Waals surface area (Å²) in [5.74, 6) is 0.227. The third-order valence-electron chi connectivity index (χ3n) is 3.90. The first-order valence-corrected chi connectivity index (χ1v) is 9.33. The summed E-state index contributed by atoms with van der Waals surface area (Å²) in [6.07, 6.45) is 5.88. The van der Waals surface area contributed by atoms with Crippen LogP contribution in [0.2, 0.25) is 0 Å². The van der Waals surface area contributed by atoms with E-state index < -0.39 is 0 Å². The summed E-state index contributed by atoms with van der Waals surface area (Å²) in [7, 11) is 1.61. The van der Waals surface area contributed by atoms with E-state index in [1.165, 1.54) is 19.3 Å². The van der Waals surface area contributed by atoms with Crippen molar-refractivity contribution in [3.63, 3.8) is 0 Å². The number of nitrogens with one attached hydrogen (secondary N) is 2. The molecule has 1 aliphatic carbocycles. The highest BCUT2D eigenvalue weighted by molar-refractivity contribution is 9.10. The SMILES string of the molecule is COCCOc1ccc(Br)cc1C(=O)NC(=S)NC1CCCCC1. The van der Waals surface area contributed by atoms with Crippen LogP contribution in [-0.2, 0) is 4.74 Å². The van der Waals surface area contributed by atoms with E-state index in [0.29, 0.717) is 35.7 Å². The fraction of sp³-hybridized carbons (Fsp3) is 0.529. The van der Waals surface area contributed by atoms with Crippen LogP contribution in [0.3, 0.4) is 0 Å². The van der Waals surface area contributed by atoms with Crippen molar-refractivity contribution >= 4 is 39.2 Å². The van der Waals surface area contributed by atoms with Crippen molar-refractivity contribution in [3.05, 3.63) is 28.2 Å². The zero-order chi connectivity index (χ0) is 17.4. The monoisotopic (exact) mass is 414 g/mol. The summed E-state index contributed by atoms with van der Waals surface area (Å²) >= 11 is 8.66. The molecule has 0 radical (unpaired) electrons. The summed E-state index contributed by atoms with van der Waals surface area (Å²) in [6.45, 7) is 0.835. The molecule has 1 aromatic rings. The molecule has 7 heteroatoms. The third kappa shape index (κ3) is 6.03. The maximum atomic E-state index is 12.5. The van der Waals surface area contributed by atoms with Gasteiger partial charge in [0.1, 0.15) is 12.4 Å². The van der Waals surface area contributed by atoms with Gasteiger partial charge in [-0.15, -0.1) is 0 Å². The fourth-order valence-electron chi connectivity index (χ4n) is 2.68. The van der Waals surface area contributed by atoms with Crippen molar-refractivity contribution in [1.29, 1.82) is 0 Å². The van der Waals surface area contributed by atoms with Crippen LogP contribution in [0.25, 0.3) is 0 Å². The Morgan fingerprint density at radius 3 is 2.75 bits per heavy atom. The maximum absolute atomic E-state index is 12.5. The molecular weight excluding hydrogens is 392 g/mol. The molecule has 132 valence electrons. The molecule has 0 saturated heterocycles. The number of amides is 1. The Morgan fingerprint density at radius 2 is 2.04 bits per heavy atom.